The van der Waals surface area contributed by atoms with Gasteiger partial charge in [-0.05, 0) is 37.4 Å². The number of piperidine rings is 1. The second-order valence-corrected chi connectivity index (χ2v) is 6.96. The highest BCUT2D eigenvalue weighted by Crippen LogP contribution is 2.26. The second kappa shape index (κ2) is 10.2. The molecule has 0 N–H and O–H groups in total. The Morgan fingerprint density at radius 2 is 1.70 bits per heavy atom. The molecule has 0 spiro atoms. The maximum absolute atomic E-state index is 12.0. The lowest BCUT2D eigenvalue weighted by molar-refractivity contribution is -0.150. The molecule has 3 rings (SSSR count). The fourth-order valence-corrected chi connectivity index (χ4v) is 3.65. The Morgan fingerprint density at radius 3 is 2.30 bits per heavy atom. The summed E-state index contributed by atoms with van der Waals surface area (Å²) < 4.78 is 11.5. The van der Waals surface area contributed by atoms with Crippen molar-refractivity contribution in [2.75, 3.05) is 32.8 Å². The maximum Gasteiger partial charge on any atom is 0.310 e. The topological polar surface area (TPSA) is 38.8 Å². The average Bonchev–Trinajstić information content (AvgIpc) is 2.73. The maximum atomic E-state index is 12.0. The lowest BCUT2D eigenvalue weighted by Gasteiger charge is -2.31. The SMILES string of the molecule is CCOC(=O)C1CCCN(CCOC(c2ccccc2)c2ccccc2)C1. The monoisotopic (exact) mass is 367 g/mol. The lowest BCUT2D eigenvalue weighted by Crippen LogP contribution is -2.41. The van der Waals surface area contributed by atoms with Crippen LogP contribution in [0.25, 0.3) is 0 Å². The molecule has 0 aromatic heterocycles. The van der Waals surface area contributed by atoms with Crippen LogP contribution >= 0.6 is 0 Å². The normalized spacial score (nSPS) is 17.8. The third-order valence-corrected chi connectivity index (χ3v) is 5.02. The molecule has 0 amide bonds. The molecule has 144 valence electrons. The third kappa shape index (κ3) is 5.65. The zero-order chi connectivity index (χ0) is 18.9. The highest BCUT2D eigenvalue weighted by Gasteiger charge is 2.26. The molecule has 1 saturated heterocycles. The van der Waals surface area contributed by atoms with Crippen molar-refractivity contribution in [3.05, 3.63) is 71.8 Å². The molecule has 1 atom stereocenters. The number of rotatable bonds is 8. The van der Waals surface area contributed by atoms with Gasteiger partial charge in [-0.25, -0.2) is 0 Å². The van der Waals surface area contributed by atoms with Gasteiger partial charge in [0.1, 0.15) is 6.10 Å². The minimum Gasteiger partial charge on any atom is -0.466 e. The minimum atomic E-state index is -0.0713. The molecule has 1 heterocycles. The average molecular weight is 367 g/mol. The van der Waals surface area contributed by atoms with Crippen LogP contribution in [0.4, 0.5) is 0 Å². The van der Waals surface area contributed by atoms with Gasteiger partial charge in [0.05, 0.1) is 19.1 Å². The number of nitrogens with zero attached hydrogens (tertiary/aromatic N) is 1. The zero-order valence-electron chi connectivity index (χ0n) is 16.0. The standard InChI is InChI=1S/C23H29NO3/c1-2-26-23(25)21-14-9-15-24(18-21)16-17-27-22(19-10-5-3-6-11-19)20-12-7-4-8-13-20/h3-8,10-13,21-22H,2,9,14-18H2,1H3. The van der Waals surface area contributed by atoms with Crippen molar-refractivity contribution in [3.63, 3.8) is 0 Å². The number of carbonyl (C=O) groups is 1. The summed E-state index contributed by atoms with van der Waals surface area (Å²) in [5.74, 6) is -0.0627. The number of benzene rings is 2. The minimum absolute atomic E-state index is 0.00209. The van der Waals surface area contributed by atoms with Crippen LogP contribution < -0.4 is 0 Å². The first-order chi connectivity index (χ1) is 13.3. The largest absolute Gasteiger partial charge is 0.466 e. The van der Waals surface area contributed by atoms with Crippen molar-refractivity contribution in [1.82, 2.24) is 4.90 Å². The van der Waals surface area contributed by atoms with Crippen LogP contribution in [0.5, 0.6) is 0 Å². The van der Waals surface area contributed by atoms with E-state index < -0.39 is 0 Å². The zero-order valence-corrected chi connectivity index (χ0v) is 16.0. The van der Waals surface area contributed by atoms with Gasteiger partial charge in [0, 0.05) is 13.1 Å². The van der Waals surface area contributed by atoms with E-state index in [2.05, 4.69) is 29.2 Å². The van der Waals surface area contributed by atoms with Crippen molar-refractivity contribution in [3.8, 4) is 0 Å². The molecule has 0 bridgehead atoms. The fourth-order valence-electron chi connectivity index (χ4n) is 3.65. The van der Waals surface area contributed by atoms with E-state index in [0.29, 0.717) is 13.2 Å². The number of likely N-dealkylation sites (tertiary alicyclic amines) is 1. The number of hydrogen-bond donors (Lipinski definition) is 0. The van der Waals surface area contributed by atoms with E-state index in [0.717, 1.165) is 43.6 Å². The van der Waals surface area contributed by atoms with Gasteiger partial charge >= 0.3 is 5.97 Å². The van der Waals surface area contributed by atoms with Gasteiger partial charge in [0.25, 0.3) is 0 Å². The first-order valence-electron chi connectivity index (χ1n) is 9.88. The summed E-state index contributed by atoms with van der Waals surface area (Å²) in [4.78, 5) is 14.3. The fraction of sp³-hybridized carbons (Fsp3) is 0.435. The Bertz CT molecular complexity index is 650. The predicted octanol–water partition coefficient (Wildman–Crippen LogP) is 4.07. The first kappa shape index (κ1) is 19.6. The van der Waals surface area contributed by atoms with Crippen LogP contribution in [0.1, 0.15) is 37.0 Å². The summed E-state index contributed by atoms with van der Waals surface area (Å²) in [5.41, 5.74) is 2.32. The highest BCUT2D eigenvalue weighted by atomic mass is 16.5. The van der Waals surface area contributed by atoms with Crippen molar-refractivity contribution in [1.29, 1.82) is 0 Å². The molecule has 1 aliphatic rings. The van der Waals surface area contributed by atoms with E-state index in [1.54, 1.807) is 0 Å². The van der Waals surface area contributed by atoms with Gasteiger partial charge < -0.3 is 14.4 Å². The van der Waals surface area contributed by atoms with Crippen LogP contribution in [0.3, 0.4) is 0 Å². The highest BCUT2D eigenvalue weighted by molar-refractivity contribution is 5.72. The Balaban J connectivity index is 1.57. The van der Waals surface area contributed by atoms with E-state index in [1.165, 1.54) is 0 Å². The van der Waals surface area contributed by atoms with Crippen LogP contribution in [-0.4, -0.2) is 43.7 Å². The van der Waals surface area contributed by atoms with E-state index in [9.17, 15) is 4.79 Å². The molecule has 4 heteroatoms. The molecule has 27 heavy (non-hydrogen) atoms. The van der Waals surface area contributed by atoms with E-state index in [1.807, 2.05) is 43.3 Å². The van der Waals surface area contributed by atoms with E-state index in [4.69, 9.17) is 9.47 Å². The molecule has 0 aliphatic carbocycles. The van der Waals surface area contributed by atoms with Crippen LogP contribution in [-0.2, 0) is 14.3 Å². The Kier molecular flexibility index (Phi) is 7.43. The summed E-state index contributed by atoms with van der Waals surface area (Å²) >= 11 is 0. The van der Waals surface area contributed by atoms with Gasteiger partial charge in [-0.3, -0.25) is 4.79 Å². The van der Waals surface area contributed by atoms with E-state index >= 15 is 0 Å². The summed E-state index contributed by atoms with van der Waals surface area (Å²) in [6.07, 6.45) is 1.88. The van der Waals surface area contributed by atoms with Gasteiger partial charge in [-0.2, -0.15) is 0 Å². The molecular formula is C23H29NO3. The number of carbonyl (C=O) groups excluding carboxylic acids is 1. The van der Waals surface area contributed by atoms with Gasteiger partial charge in [0.15, 0.2) is 0 Å². The van der Waals surface area contributed by atoms with Gasteiger partial charge in [-0.15, -0.1) is 0 Å². The van der Waals surface area contributed by atoms with Crippen LogP contribution in [0.15, 0.2) is 60.7 Å². The molecule has 2 aromatic rings. The smallest absolute Gasteiger partial charge is 0.310 e. The first-order valence-corrected chi connectivity index (χ1v) is 9.88. The molecule has 2 aromatic carbocycles. The van der Waals surface area contributed by atoms with Crippen molar-refractivity contribution < 1.29 is 14.3 Å². The lowest BCUT2D eigenvalue weighted by atomic mass is 9.98. The van der Waals surface area contributed by atoms with Crippen LogP contribution in [0, 0.1) is 5.92 Å². The Hall–Kier alpha value is -2.17. The molecule has 1 unspecified atom stereocenters. The van der Waals surface area contributed by atoms with Crippen molar-refractivity contribution in [2.24, 2.45) is 5.92 Å². The summed E-state index contributed by atoms with van der Waals surface area (Å²) in [7, 11) is 0. The molecular weight excluding hydrogens is 338 g/mol. The molecule has 4 nitrogen and oxygen atoms in total. The van der Waals surface area contributed by atoms with Crippen LogP contribution in [0.2, 0.25) is 0 Å². The Morgan fingerprint density at radius 1 is 1.07 bits per heavy atom. The molecule has 0 radical (unpaired) electrons. The number of hydrogen-bond acceptors (Lipinski definition) is 4. The quantitative estimate of drug-likeness (QED) is 0.660. The molecule has 0 saturated carbocycles. The number of ether oxygens (including phenoxy) is 2. The summed E-state index contributed by atoms with van der Waals surface area (Å²) in [6.45, 7) is 5.55. The van der Waals surface area contributed by atoms with Crippen molar-refractivity contribution >= 4 is 5.97 Å². The number of esters is 1. The molecule has 1 aliphatic heterocycles. The summed E-state index contributed by atoms with van der Waals surface area (Å²) in [5, 5.41) is 0. The van der Waals surface area contributed by atoms with Crippen molar-refractivity contribution in [2.45, 2.75) is 25.9 Å². The Labute approximate surface area is 162 Å². The molecule has 1 fully saturated rings. The third-order valence-electron chi connectivity index (χ3n) is 5.02. The van der Waals surface area contributed by atoms with E-state index in [-0.39, 0.29) is 18.0 Å². The predicted molar refractivity (Wildman–Crippen MR) is 106 cm³/mol. The van der Waals surface area contributed by atoms with Gasteiger partial charge in [-0.1, -0.05) is 60.7 Å². The summed E-state index contributed by atoms with van der Waals surface area (Å²) in [6, 6.07) is 20.7. The van der Waals surface area contributed by atoms with Gasteiger partial charge in [0.2, 0.25) is 0 Å². The second-order valence-electron chi connectivity index (χ2n) is 6.96.